The van der Waals surface area contributed by atoms with Gasteiger partial charge in [-0.2, -0.15) is 0 Å². The number of benzene rings is 1. The lowest BCUT2D eigenvalue weighted by atomic mass is 10.1. The molecule has 5 heteroatoms. The summed E-state index contributed by atoms with van der Waals surface area (Å²) >= 11 is 0. The Morgan fingerprint density at radius 1 is 0.957 bits per heavy atom. The summed E-state index contributed by atoms with van der Waals surface area (Å²) in [5, 5.41) is 0. The van der Waals surface area contributed by atoms with Crippen LogP contribution in [0.2, 0.25) is 0 Å². The standard InChI is InChI=1S/C18H28N4O/c19-17-6-8-22(9-7-17)18(23)15-21-12-10-20(11-13-21)14-16-4-2-1-3-5-16/h1-5,17H,6-15,19H2. The molecule has 0 saturated carbocycles. The van der Waals surface area contributed by atoms with Crippen molar-refractivity contribution in [3.63, 3.8) is 0 Å². The summed E-state index contributed by atoms with van der Waals surface area (Å²) in [6, 6.07) is 10.9. The monoisotopic (exact) mass is 316 g/mol. The molecule has 2 fully saturated rings. The topological polar surface area (TPSA) is 52.8 Å². The van der Waals surface area contributed by atoms with Crippen molar-refractivity contribution in [1.29, 1.82) is 0 Å². The summed E-state index contributed by atoms with van der Waals surface area (Å²) in [6.07, 6.45) is 1.88. The van der Waals surface area contributed by atoms with Crippen molar-refractivity contribution in [2.45, 2.75) is 25.4 Å². The summed E-state index contributed by atoms with van der Waals surface area (Å²) in [7, 11) is 0. The van der Waals surface area contributed by atoms with Gasteiger partial charge in [0.1, 0.15) is 0 Å². The van der Waals surface area contributed by atoms with Gasteiger partial charge >= 0.3 is 0 Å². The Hall–Kier alpha value is -1.43. The molecule has 0 aliphatic carbocycles. The molecule has 2 N–H and O–H groups in total. The van der Waals surface area contributed by atoms with Gasteiger partial charge in [-0.15, -0.1) is 0 Å². The normalized spacial score (nSPS) is 21.5. The van der Waals surface area contributed by atoms with Gasteiger partial charge in [0.25, 0.3) is 0 Å². The Morgan fingerprint density at radius 3 is 2.22 bits per heavy atom. The van der Waals surface area contributed by atoms with E-state index in [4.69, 9.17) is 5.73 Å². The predicted molar refractivity (Wildman–Crippen MR) is 91.9 cm³/mol. The number of carbonyl (C=O) groups excluding carboxylic acids is 1. The Bertz CT molecular complexity index is 491. The lowest BCUT2D eigenvalue weighted by molar-refractivity contribution is -0.133. The molecule has 23 heavy (non-hydrogen) atoms. The number of nitrogens with zero attached hydrogens (tertiary/aromatic N) is 3. The molecule has 2 aliphatic heterocycles. The van der Waals surface area contributed by atoms with Crippen LogP contribution in [0.25, 0.3) is 0 Å². The van der Waals surface area contributed by atoms with E-state index in [-0.39, 0.29) is 11.9 Å². The maximum Gasteiger partial charge on any atom is 0.236 e. The van der Waals surface area contributed by atoms with E-state index in [1.54, 1.807) is 0 Å². The highest BCUT2D eigenvalue weighted by molar-refractivity contribution is 5.78. The zero-order valence-corrected chi connectivity index (χ0v) is 13.9. The maximum atomic E-state index is 12.4. The van der Waals surface area contributed by atoms with E-state index in [0.717, 1.165) is 58.7 Å². The minimum Gasteiger partial charge on any atom is -0.341 e. The lowest BCUT2D eigenvalue weighted by Crippen LogP contribution is -2.51. The number of amides is 1. The molecule has 0 atom stereocenters. The third-order valence-electron chi connectivity index (χ3n) is 4.97. The molecule has 1 aromatic carbocycles. The number of carbonyl (C=O) groups is 1. The molecule has 1 amide bonds. The van der Waals surface area contributed by atoms with E-state index in [1.807, 2.05) is 4.90 Å². The molecule has 2 saturated heterocycles. The second-order valence-electron chi connectivity index (χ2n) is 6.76. The van der Waals surface area contributed by atoms with Crippen molar-refractivity contribution < 1.29 is 4.79 Å². The van der Waals surface area contributed by atoms with Gasteiger partial charge in [-0.3, -0.25) is 14.6 Å². The van der Waals surface area contributed by atoms with Gasteiger partial charge in [-0.25, -0.2) is 0 Å². The second-order valence-corrected chi connectivity index (χ2v) is 6.76. The minimum absolute atomic E-state index is 0.272. The number of piperidine rings is 1. The van der Waals surface area contributed by atoms with Crippen molar-refractivity contribution in [2.75, 3.05) is 45.8 Å². The largest absolute Gasteiger partial charge is 0.341 e. The molecule has 1 aromatic rings. The van der Waals surface area contributed by atoms with Crippen LogP contribution in [-0.2, 0) is 11.3 Å². The third-order valence-corrected chi connectivity index (χ3v) is 4.97. The summed E-state index contributed by atoms with van der Waals surface area (Å²) in [5.74, 6) is 0.272. The van der Waals surface area contributed by atoms with Gasteiger partial charge in [0.05, 0.1) is 6.54 Å². The molecule has 3 rings (SSSR count). The van der Waals surface area contributed by atoms with Crippen molar-refractivity contribution in [2.24, 2.45) is 5.73 Å². The van der Waals surface area contributed by atoms with E-state index in [9.17, 15) is 4.79 Å². The Kier molecular flexibility index (Phi) is 5.65. The number of likely N-dealkylation sites (tertiary alicyclic amines) is 1. The van der Waals surface area contributed by atoms with E-state index in [1.165, 1.54) is 5.56 Å². The van der Waals surface area contributed by atoms with Gasteiger partial charge in [0.2, 0.25) is 5.91 Å². The van der Waals surface area contributed by atoms with E-state index in [2.05, 4.69) is 40.1 Å². The minimum atomic E-state index is 0.272. The summed E-state index contributed by atoms with van der Waals surface area (Å²) in [5.41, 5.74) is 7.27. The SMILES string of the molecule is NC1CCN(C(=O)CN2CCN(Cc3ccccc3)CC2)CC1. The first-order chi connectivity index (χ1) is 11.2. The van der Waals surface area contributed by atoms with Crippen LogP contribution in [0.5, 0.6) is 0 Å². The van der Waals surface area contributed by atoms with Crippen LogP contribution in [0.3, 0.4) is 0 Å². The van der Waals surface area contributed by atoms with Crippen molar-refractivity contribution in [3.8, 4) is 0 Å². The molecule has 0 spiro atoms. The fourth-order valence-corrected chi connectivity index (χ4v) is 3.39. The zero-order valence-electron chi connectivity index (χ0n) is 13.9. The Balaban J connectivity index is 1.40. The molecular formula is C18H28N4O. The van der Waals surface area contributed by atoms with Crippen LogP contribution in [0.1, 0.15) is 18.4 Å². The van der Waals surface area contributed by atoms with Crippen LogP contribution >= 0.6 is 0 Å². The average Bonchev–Trinajstić information content (AvgIpc) is 2.58. The lowest BCUT2D eigenvalue weighted by Gasteiger charge is -2.36. The van der Waals surface area contributed by atoms with Crippen molar-refractivity contribution in [3.05, 3.63) is 35.9 Å². The highest BCUT2D eigenvalue weighted by Crippen LogP contribution is 2.11. The number of hydrogen-bond acceptors (Lipinski definition) is 4. The molecule has 2 heterocycles. The highest BCUT2D eigenvalue weighted by Gasteiger charge is 2.24. The molecule has 2 aliphatic rings. The predicted octanol–water partition coefficient (Wildman–Crippen LogP) is 0.754. The number of nitrogens with two attached hydrogens (primary N) is 1. The first-order valence-corrected chi connectivity index (χ1v) is 8.73. The molecule has 126 valence electrons. The number of piperazine rings is 1. The van der Waals surface area contributed by atoms with Gasteiger partial charge < -0.3 is 10.6 Å². The average molecular weight is 316 g/mol. The summed E-state index contributed by atoms with van der Waals surface area (Å²) in [6.45, 7) is 7.25. The number of rotatable bonds is 4. The first-order valence-electron chi connectivity index (χ1n) is 8.73. The molecule has 0 bridgehead atoms. The Labute approximate surface area is 139 Å². The molecule has 0 radical (unpaired) electrons. The zero-order chi connectivity index (χ0) is 16.1. The second kappa shape index (κ2) is 7.90. The van der Waals surface area contributed by atoms with Crippen LogP contribution in [-0.4, -0.2) is 72.5 Å². The van der Waals surface area contributed by atoms with Crippen LogP contribution in [0.15, 0.2) is 30.3 Å². The van der Waals surface area contributed by atoms with E-state index >= 15 is 0 Å². The quantitative estimate of drug-likeness (QED) is 0.891. The Morgan fingerprint density at radius 2 is 1.57 bits per heavy atom. The first kappa shape index (κ1) is 16.4. The molecule has 0 aromatic heterocycles. The van der Waals surface area contributed by atoms with Crippen LogP contribution in [0.4, 0.5) is 0 Å². The van der Waals surface area contributed by atoms with Crippen LogP contribution < -0.4 is 5.73 Å². The number of hydrogen-bond donors (Lipinski definition) is 1. The van der Waals surface area contributed by atoms with E-state index in [0.29, 0.717) is 6.54 Å². The van der Waals surface area contributed by atoms with Crippen LogP contribution in [0, 0.1) is 0 Å². The molecule has 5 nitrogen and oxygen atoms in total. The summed E-state index contributed by atoms with van der Waals surface area (Å²) < 4.78 is 0. The fraction of sp³-hybridized carbons (Fsp3) is 0.611. The maximum absolute atomic E-state index is 12.4. The van der Waals surface area contributed by atoms with Crippen molar-refractivity contribution >= 4 is 5.91 Å². The smallest absolute Gasteiger partial charge is 0.236 e. The van der Waals surface area contributed by atoms with Gasteiger partial charge in [0.15, 0.2) is 0 Å². The highest BCUT2D eigenvalue weighted by atomic mass is 16.2. The van der Waals surface area contributed by atoms with Gasteiger partial charge in [0, 0.05) is 51.9 Å². The fourth-order valence-electron chi connectivity index (χ4n) is 3.39. The summed E-state index contributed by atoms with van der Waals surface area (Å²) in [4.78, 5) is 19.1. The van der Waals surface area contributed by atoms with Gasteiger partial charge in [-0.1, -0.05) is 30.3 Å². The van der Waals surface area contributed by atoms with Crippen molar-refractivity contribution in [1.82, 2.24) is 14.7 Å². The molecule has 0 unspecified atom stereocenters. The third kappa shape index (κ3) is 4.77. The molecular weight excluding hydrogens is 288 g/mol. The van der Waals surface area contributed by atoms with E-state index < -0.39 is 0 Å². The van der Waals surface area contributed by atoms with Gasteiger partial charge in [-0.05, 0) is 18.4 Å².